The second kappa shape index (κ2) is 16.1. The van der Waals surface area contributed by atoms with Gasteiger partial charge in [-0.15, -0.1) is 0 Å². The highest BCUT2D eigenvalue weighted by molar-refractivity contribution is 5.93. The van der Waals surface area contributed by atoms with Gasteiger partial charge in [-0.3, -0.25) is 14.4 Å². The molecule has 0 aliphatic carbocycles. The van der Waals surface area contributed by atoms with Crippen LogP contribution in [0.3, 0.4) is 0 Å². The van der Waals surface area contributed by atoms with Crippen LogP contribution in [0.1, 0.15) is 79.4 Å². The van der Waals surface area contributed by atoms with Gasteiger partial charge in [-0.05, 0) is 50.7 Å². The third-order valence-electron chi connectivity index (χ3n) is 4.21. The molecule has 0 spiro atoms. The van der Waals surface area contributed by atoms with Gasteiger partial charge in [0.1, 0.15) is 0 Å². The third kappa shape index (κ3) is 12.6. The monoisotopic (exact) mass is 440 g/mol. The lowest BCUT2D eigenvalue weighted by molar-refractivity contribution is -0.146. The zero-order valence-electron chi connectivity index (χ0n) is 18.3. The summed E-state index contributed by atoms with van der Waals surface area (Å²) in [7, 11) is 1.63. The minimum atomic E-state index is -0.641. The Hall–Kier alpha value is -2.68. The van der Waals surface area contributed by atoms with Gasteiger partial charge in [0.15, 0.2) is 11.5 Å². The number of methoxy groups -OCH3 is 1. The first kappa shape index (κ1) is 26.4. The van der Waals surface area contributed by atoms with Crippen molar-refractivity contribution in [1.29, 1.82) is 0 Å². The Labute approximate surface area is 182 Å². The van der Waals surface area contributed by atoms with Gasteiger partial charge in [0.05, 0.1) is 19.8 Å². The molecule has 0 fully saturated rings. The van der Waals surface area contributed by atoms with Crippen molar-refractivity contribution in [2.75, 3.05) is 33.5 Å². The molecule has 1 aromatic heterocycles. The summed E-state index contributed by atoms with van der Waals surface area (Å²) in [6.45, 7) is 2.77. The Morgan fingerprint density at radius 2 is 1.19 bits per heavy atom. The van der Waals surface area contributed by atoms with Crippen molar-refractivity contribution in [1.82, 2.24) is 0 Å². The number of ether oxygens (including phenoxy) is 4. The van der Waals surface area contributed by atoms with Gasteiger partial charge in [0.25, 0.3) is 0 Å². The van der Waals surface area contributed by atoms with E-state index in [1.807, 2.05) is 0 Å². The molecule has 0 aliphatic heterocycles. The maximum atomic E-state index is 11.8. The number of hydrogen-bond acceptors (Lipinski definition) is 9. The summed E-state index contributed by atoms with van der Waals surface area (Å²) >= 11 is 0. The number of hydrogen-bond donors (Lipinski definition) is 0. The van der Waals surface area contributed by atoms with Crippen molar-refractivity contribution >= 4 is 23.7 Å². The lowest BCUT2D eigenvalue weighted by atomic mass is 10.2. The molecule has 1 aromatic rings. The Kier molecular flexibility index (Phi) is 13.7. The summed E-state index contributed by atoms with van der Waals surface area (Å²) in [6.07, 6.45) is 4.35. The highest BCUT2D eigenvalue weighted by Crippen LogP contribution is 2.10. The number of carbonyl (C=O) groups is 4. The Balaban J connectivity index is 1.97. The van der Waals surface area contributed by atoms with E-state index in [4.69, 9.17) is 23.4 Å². The van der Waals surface area contributed by atoms with Crippen LogP contribution in [0, 0.1) is 0 Å². The summed E-state index contributed by atoms with van der Waals surface area (Å²) in [5.74, 6) is -1.41. The summed E-state index contributed by atoms with van der Waals surface area (Å²) in [5, 5.41) is 0. The molecule has 174 valence electrons. The summed E-state index contributed by atoms with van der Waals surface area (Å²) in [4.78, 5) is 46.1. The van der Waals surface area contributed by atoms with E-state index >= 15 is 0 Å². The number of carbonyl (C=O) groups excluding carboxylic acids is 4. The van der Waals surface area contributed by atoms with Crippen LogP contribution in [0.25, 0.3) is 0 Å². The average molecular weight is 440 g/mol. The maximum Gasteiger partial charge on any atom is 0.374 e. The van der Waals surface area contributed by atoms with Gasteiger partial charge in [-0.2, -0.15) is 0 Å². The number of esters is 3. The molecule has 0 saturated carbocycles. The molecule has 0 aliphatic rings. The zero-order chi connectivity index (χ0) is 22.9. The van der Waals surface area contributed by atoms with Gasteiger partial charge in [0, 0.05) is 33.5 Å². The van der Waals surface area contributed by atoms with E-state index < -0.39 is 5.97 Å². The summed E-state index contributed by atoms with van der Waals surface area (Å²) in [5.41, 5.74) is 0. The van der Waals surface area contributed by atoms with Gasteiger partial charge in [-0.25, -0.2) is 4.79 Å². The lowest BCUT2D eigenvalue weighted by Gasteiger charge is -2.06. The van der Waals surface area contributed by atoms with Crippen molar-refractivity contribution in [3.05, 3.63) is 23.7 Å². The molecular formula is C22H32O9. The van der Waals surface area contributed by atoms with Crippen LogP contribution in [0.4, 0.5) is 0 Å². The summed E-state index contributed by atoms with van der Waals surface area (Å²) < 4.78 is 25.2. The topological polar surface area (TPSA) is 118 Å². The van der Waals surface area contributed by atoms with Crippen molar-refractivity contribution in [3.63, 3.8) is 0 Å². The molecule has 9 nitrogen and oxygen atoms in total. The van der Waals surface area contributed by atoms with Crippen LogP contribution in [0.15, 0.2) is 16.5 Å². The molecule has 1 heterocycles. The highest BCUT2D eigenvalue weighted by Gasteiger charge is 2.14. The molecule has 0 amide bonds. The molecule has 1 rings (SSSR count). The van der Waals surface area contributed by atoms with Crippen molar-refractivity contribution in [2.45, 2.75) is 58.3 Å². The molecule has 0 unspecified atom stereocenters. The fourth-order valence-electron chi connectivity index (χ4n) is 2.48. The van der Waals surface area contributed by atoms with E-state index in [1.165, 1.54) is 19.1 Å². The van der Waals surface area contributed by atoms with E-state index in [2.05, 4.69) is 0 Å². The third-order valence-corrected chi connectivity index (χ3v) is 4.21. The van der Waals surface area contributed by atoms with E-state index in [0.29, 0.717) is 38.9 Å². The van der Waals surface area contributed by atoms with Gasteiger partial charge >= 0.3 is 17.9 Å². The van der Waals surface area contributed by atoms with E-state index in [-0.39, 0.29) is 55.3 Å². The van der Waals surface area contributed by atoms with E-state index in [9.17, 15) is 19.2 Å². The molecule has 9 heteroatoms. The van der Waals surface area contributed by atoms with Crippen molar-refractivity contribution < 1.29 is 42.5 Å². The zero-order valence-corrected chi connectivity index (χ0v) is 18.3. The molecule has 0 saturated heterocycles. The van der Waals surface area contributed by atoms with Gasteiger partial charge < -0.3 is 23.4 Å². The first-order valence-electron chi connectivity index (χ1n) is 10.5. The molecule has 0 atom stereocenters. The van der Waals surface area contributed by atoms with Crippen LogP contribution >= 0.6 is 0 Å². The van der Waals surface area contributed by atoms with Gasteiger partial charge in [0.2, 0.25) is 5.76 Å². The predicted molar refractivity (Wildman–Crippen MR) is 110 cm³/mol. The minimum Gasteiger partial charge on any atom is -0.466 e. The first-order chi connectivity index (χ1) is 14.9. The largest absolute Gasteiger partial charge is 0.466 e. The van der Waals surface area contributed by atoms with Crippen LogP contribution in [0.5, 0.6) is 0 Å². The molecule has 0 N–H and O–H groups in total. The molecule has 0 bridgehead atoms. The van der Waals surface area contributed by atoms with Gasteiger partial charge in [-0.1, -0.05) is 0 Å². The molecule has 0 aromatic carbocycles. The van der Waals surface area contributed by atoms with Crippen LogP contribution in [-0.2, 0) is 28.5 Å². The quantitative estimate of drug-likeness (QED) is 0.155. The number of furan rings is 1. The molecule has 0 radical (unpaired) electrons. The average Bonchev–Trinajstić information content (AvgIpc) is 3.24. The Bertz CT molecular complexity index is 693. The smallest absolute Gasteiger partial charge is 0.374 e. The lowest BCUT2D eigenvalue weighted by Crippen LogP contribution is -2.09. The molecule has 31 heavy (non-hydrogen) atoms. The summed E-state index contributed by atoms with van der Waals surface area (Å²) in [6, 6.07) is 2.81. The minimum absolute atomic E-state index is 0.0217. The second-order valence-electron chi connectivity index (χ2n) is 6.91. The SMILES string of the molecule is COCCCCOC(=O)CCCCC(=O)OCCCCOC(=O)c1ccc(C(C)=O)o1. The number of unbranched alkanes of at least 4 members (excludes halogenated alkanes) is 3. The predicted octanol–water partition coefficient (Wildman–Crippen LogP) is 3.49. The first-order valence-corrected chi connectivity index (χ1v) is 10.5. The Morgan fingerprint density at radius 3 is 1.68 bits per heavy atom. The number of ketones is 1. The normalized spacial score (nSPS) is 10.5. The number of rotatable bonds is 17. The Morgan fingerprint density at radius 1 is 0.710 bits per heavy atom. The van der Waals surface area contributed by atoms with Crippen LogP contribution in [0.2, 0.25) is 0 Å². The van der Waals surface area contributed by atoms with E-state index in [1.54, 1.807) is 7.11 Å². The maximum absolute atomic E-state index is 11.8. The van der Waals surface area contributed by atoms with Crippen molar-refractivity contribution in [3.8, 4) is 0 Å². The van der Waals surface area contributed by atoms with Crippen molar-refractivity contribution in [2.24, 2.45) is 0 Å². The second-order valence-corrected chi connectivity index (χ2v) is 6.91. The van der Waals surface area contributed by atoms with Crippen LogP contribution < -0.4 is 0 Å². The fourth-order valence-corrected chi connectivity index (χ4v) is 2.48. The standard InChI is InChI=1S/C22H32O9/c1-17(23)18-11-12-19(31-18)22(26)30-16-8-7-15-29-21(25)10-4-3-9-20(24)28-14-6-5-13-27-2/h11-12H,3-10,13-16H2,1-2H3. The fraction of sp³-hybridized carbons (Fsp3) is 0.636. The molecular weight excluding hydrogens is 408 g/mol. The highest BCUT2D eigenvalue weighted by atomic mass is 16.5. The van der Waals surface area contributed by atoms with Crippen LogP contribution in [-0.4, -0.2) is 57.2 Å². The van der Waals surface area contributed by atoms with E-state index in [0.717, 1.165) is 12.8 Å². The number of Topliss-reactive ketones (excluding diaryl/α,β-unsaturated/α-hetero) is 1.